The quantitative estimate of drug-likeness (QED) is 0.847. The monoisotopic (exact) mass is 314 g/mol. The summed E-state index contributed by atoms with van der Waals surface area (Å²) in [7, 11) is 0. The summed E-state index contributed by atoms with van der Waals surface area (Å²) in [6.45, 7) is 2.38. The van der Waals surface area contributed by atoms with Crippen LogP contribution in [0.25, 0.3) is 0 Å². The summed E-state index contributed by atoms with van der Waals surface area (Å²) < 4.78 is 1.51. The molecule has 0 saturated heterocycles. The first kappa shape index (κ1) is 16.5. The Labute approximate surface area is 133 Å². The molecule has 0 radical (unpaired) electrons. The van der Waals surface area contributed by atoms with E-state index >= 15 is 0 Å². The Balaban J connectivity index is 1.84. The second-order valence-corrected chi connectivity index (χ2v) is 5.22. The van der Waals surface area contributed by atoms with E-state index in [-0.39, 0.29) is 23.5 Å². The third-order valence-electron chi connectivity index (χ3n) is 3.48. The lowest BCUT2D eigenvalue weighted by molar-refractivity contribution is -0.121. The molecular weight excluding hydrogens is 296 g/mol. The molecule has 1 amide bonds. The number of carboxylic acids is 1. The number of benzene rings is 1. The van der Waals surface area contributed by atoms with E-state index in [1.165, 1.54) is 16.7 Å². The Morgan fingerprint density at radius 1 is 1.17 bits per heavy atom. The molecular formula is C17H18N2O4. The summed E-state index contributed by atoms with van der Waals surface area (Å²) >= 11 is 0. The number of rotatable bonds is 6. The molecule has 0 aliphatic rings. The predicted molar refractivity (Wildman–Crippen MR) is 85.3 cm³/mol. The molecule has 2 aromatic rings. The van der Waals surface area contributed by atoms with E-state index in [4.69, 9.17) is 5.11 Å². The van der Waals surface area contributed by atoms with Crippen LogP contribution in [0.15, 0.2) is 47.4 Å². The van der Waals surface area contributed by atoms with Crippen molar-refractivity contribution < 1.29 is 14.7 Å². The van der Waals surface area contributed by atoms with E-state index in [1.807, 2.05) is 0 Å². The maximum atomic E-state index is 11.8. The Hall–Kier alpha value is -2.89. The molecule has 1 heterocycles. The lowest BCUT2D eigenvalue weighted by Crippen LogP contribution is -2.27. The van der Waals surface area contributed by atoms with Crippen molar-refractivity contribution in [2.45, 2.75) is 26.4 Å². The summed E-state index contributed by atoms with van der Waals surface area (Å²) in [5.41, 5.74) is 1.57. The van der Waals surface area contributed by atoms with E-state index in [1.54, 1.807) is 37.4 Å². The molecule has 0 bridgehead atoms. The Kier molecular flexibility index (Phi) is 5.30. The van der Waals surface area contributed by atoms with Gasteiger partial charge in [0.05, 0.1) is 5.56 Å². The number of aryl methyl sites for hydroxylation is 2. The van der Waals surface area contributed by atoms with Crippen molar-refractivity contribution in [2.75, 3.05) is 0 Å². The van der Waals surface area contributed by atoms with Crippen molar-refractivity contribution in [2.24, 2.45) is 0 Å². The number of amides is 1. The van der Waals surface area contributed by atoms with Gasteiger partial charge in [0, 0.05) is 31.3 Å². The fraction of sp³-hybridized carbons (Fsp3) is 0.235. The highest BCUT2D eigenvalue weighted by molar-refractivity contribution is 5.87. The molecule has 0 fully saturated rings. The summed E-state index contributed by atoms with van der Waals surface area (Å²) in [5.74, 6) is -1.15. The summed E-state index contributed by atoms with van der Waals surface area (Å²) in [6.07, 6.45) is 1.86. The van der Waals surface area contributed by atoms with Gasteiger partial charge in [-0.25, -0.2) is 4.79 Å². The third-order valence-corrected chi connectivity index (χ3v) is 3.48. The molecule has 6 heteroatoms. The van der Waals surface area contributed by atoms with Gasteiger partial charge < -0.3 is 15.0 Å². The number of carbonyl (C=O) groups is 2. The van der Waals surface area contributed by atoms with Crippen LogP contribution in [0, 0.1) is 6.92 Å². The highest BCUT2D eigenvalue weighted by Gasteiger charge is 2.05. The second kappa shape index (κ2) is 7.40. The van der Waals surface area contributed by atoms with Gasteiger partial charge in [-0.3, -0.25) is 9.59 Å². The number of hydrogen-bond donors (Lipinski definition) is 2. The smallest absolute Gasteiger partial charge is 0.335 e. The Bertz CT molecular complexity index is 763. The average Bonchev–Trinajstić information content (AvgIpc) is 2.54. The Morgan fingerprint density at radius 2 is 1.87 bits per heavy atom. The van der Waals surface area contributed by atoms with Gasteiger partial charge in [-0.1, -0.05) is 18.2 Å². The molecule has 6 nitrogen and oxygen atoms in total. The van der Waals surface area contributed by atoms with Crippen molar-refractivity contribution in [3.8, 4) is 0 Å². The molecule has 0 saturated carbocycles. The largest absolute Gasteiger partial charge is 0.478 e. The molecule has 0 unspecified atom stereocenters. The molecule has 120 valence electrons. The van der Waals surface area contributed by atoms with Crippen LogP contribution < -0.4 is 10.9 Å². The zero-order chi connectivity index (χ0) is 16.8. The predicted octanol–water partition coefficient (Wildman–Crippen LogP) is 1.56. The van der Waals surface area contributed by atoms with Crippen molar-refractivity contribution in [1.29, 1.82) is 0 Å². The van der Waals surface area contributed by atoms with Crippen LogP contribution in [-0.4, -0.2) is 21.6 Å². The third kappa shape index (κ3) is 4.54. The minimum Gasteiger partial charge on any atom is -0.478 e. The van der Waals surface area contributed by atoms with Crippen LogP contribution >= 0.6 is 0 Å². The first-order chi connectivity index (χ1) is 11.0. The molecule has 0 atom stereocenters. The average molecular weight is 314 g/mol. The number of carboxylic acid groups (broad SMARTS) is 1. The number of carbonyl (C=O) groups excluding carboxylic acids is 1. The molecule has 0 aliphatic heterocycles. The van der Waals surface area contributed by atoms with Crippen molar-refractivity contribution in [3.05, 3.63) is 69.6 Å². The second-order valence-electron chi connectivity index (χ2n) is 5.22. The van der Waals surface area contributed by atoms with Crippen molar-refractivity contribution >= 4 is 11.9 Å². The van der Waals surface area contributed by atoms with Gasteiger partial charge in [0.1, 0.15) is 0 Å². The molecule has 0 aliphatic carbocycles. The minimum atomic E-state index is -0.982. The number of aromatic nitrogens is 1. The van der Waals surface area contributed by atoms with Crippen molar-refractivity contribution in [3.63, 3.8) is 0 Å². The molecule has 0 spiro atoms. The van der Waals surface area contributed by atoms with Crippen LogP contribution in [0.5, 0.6) is 0 Å². The minimum absolute atomic E-state index is 0.0930. The number of hydrogen-bond acceptors (Lipinski definition) is 3. The SMILES string of the molecule is Cc1cccn(CCC(=O)NCc2ccc(C(=O)O)cc2)c1=O. The lowest BCUT2D eigenvalue weighted by Gasteiger charge is -2.08. The van der Waals surface area contributed by atoms with Gasteiger partial charge in [-0.15, -0.1) is 0 Å². The highest BCUT2D eigenvalue weighted by atomic mass is 16.4. The summed E-state index contributed by atoms with van der Waals surface area (Å²) in [5, 5.41) is 11.6. The number of nitrogens with one attached hydrogen (secondary N) is 1. The van der Waals surface area contributed by atoms with Gasteiger partial charge in [0.25, 0.3) is 5.56 Å². The van der Waals surface area contributed by atoms with Gasteiger partial charge >= 0.3 is 5.97 Å². The molecule has 1 aromatic carbocycles. The van der Waals surface area contributed by atoms with Crippen LogP contribution in [-0.2, 0) is 17.9 Å². The maximum absolute atomic E-state index is 11.8. The van der Waals surface area contributed by atoms with E-state index in [0.29, 0.717) is 18.7 Å². The molecule has 1 aromatic heterocycles. The fourth-order valence-electron chi connectivity index (χ4n) is 2.11. The van der Waals surface area contributed by atoms with Crippen LogP contribution in [0.2, 0.25) is 0 Å². The first-order valence-corrected chi connectivity index (χ1v) is 7.22. The molecule has 2 rings (SSSR count). The van der Waals surface area contributed by atoms with E-state index in [2.05, 4.69) is 5.32 Å². The standard InChI is InChI=1S/C17H18N2O4/c1-12-3-2-9-19(16(12)21)10-8-15(20)18-11-13-4-6-14(7-5-13)17(22)23/h2-7,9H,8,10-11H2,1H3,(H,18,20)(H,22,23). The van der Waals surface area contributed by atoms with Gasteiger partial charge in [0.15, 0.2) is 0 Å². The van der Waals surface area contributed by atoms with E-state index < -0.39 is 5.97 Å². The zero-order valence-electron chi connectivity index (χ0n) is 12.8. The molecule has 23 heavy (non-hydrogen) atoms. The van der Waals surface area contributed by atoms with Crippen LogP contribution in [0.1, 0.15) is 27.9 Å². The zero-order valence-corrected chi connectivity index (χ0v) is 12.8. The number of aromatic carboxylic acids is 1. The van der Waals surface area contributed by atoms with Crippen molar-refractivity contribution in [1.82, 2.24) is 9.88 Å². The first-order valence-electron chi connectivity index (χ1n) is 7.22. The fourth-order valence-corrected chi connectivity index (χ4v) is 2.11. The Morgan fingerprint density at radius 3 is 2.52 bits per heavy atom. The van der Waals surface area contributed by atoms with E-state index in [0.717, 1.165) is 5.56 Å². The molecule has 2 N–H and O–H groups in total. The maximum Gasteiger partial charge on any atom is 0.335 e. The number of pyridine rings is 1. The van der Waals surface area contributed by atoms with E-state index in [9.17, 15) is 14.4 Å². The highest BCUT2D eigenvalue weighted by Crippen LogP contribution is 2.04. The van der Waals surface area contributed by atoms with Crippen LogP contribution in [0.3, 0.4) is 0 Å². The van der Waals surface area contributed by atoms with Gasteiger partial charge in [-0.05, 0) is 30.7 Å². The summed E-state index contributed by atoms with van der Waals surface area (Å²) in [6, 6.07) is 9.83. The lowest BCUT2D eigenvalue weighted by atomic mass is 10.1. The number of nitrogens with zero attached hydrogens (tertiary/aromatic N) is 1. The summed E-state index contributed by atoms with van der Waals surface area (Å²) in [4.78, 5) is 34.4. The van der Waals surface area contributed by atoms with Gasteiger partial charge in [0.2, 0.25) is 5.91 Å². The topological polar surface area (TPSA) is 88.4 Å². The van der Waals surface area contributed by atoms with Gasteiger partial charge in [-0.2, -0.15) is 0 Å². The normalized spacial score (nSPS) is 10.3. The van der Waals surface area contributed by atoms with Crippen LogP contribution in [0.4, 0.5) is 0 Å².